The minimum atomic E-state index is -3.11. The zero-order valence-electron chi connectivity index (χ0n) is 8.48. The molecule has 0 bridgehead atoms. The van der Waals surface area contributed by atoms with Crippen molar-refractivity contribution in [3.8, 4) is 0 Å². The first-order valence-corrected chi connectivity index (χ1v) is 4.35. The number of hydrogen-bond acceptors (Lipinski definition) is 5. The molecule has 90 valence electrons. The van der Waals surface area contributed by atoms with Gasteiger partial charge in [0.2, 0.25) is 12.1 Å². The van der Waals surface area contributed by atoms with Crippen LogP contribution in [0.5, 0.6) is 0 Å². The summed E-state index contributed by atoms with van der Waals surface area (Å²) in [6.45, 7) is -1.60. The molecule has 0 saturated heterocycles. The molecule has 0 spiro atoms. The minimum absolute atomic E-state index is 0.0712. The molecule has 1 aromatic heterocycles. The fourth-order valence-electron chi connectivity index (χ4n) is 1.04. The summed E-state index contributed by atoms with van der Waals surface area (Å²) >= 11 is 0. The van der Waals surface area contributed by atoms with E-state index in [0.717, 1.165) is 0 Å². The third kappa shape index (κ3) is 2.63. The maximum atomic E-state index is 12.8. The molecule has 1 rings (SSSR count). The second kappa shape index (κ2) is 4.39. The van der Waals surface area contributed by atoms with Gasteiger partial charge in [0, 0.05) is 7.05 Å². The lowest BCUT2D eigenvalue weighted by molar-refractivity contribution is -0.388. The van der Waals surface area contributed by atoms with Crippen molar-refractivity contribution in [3.05, 3.63) is 16.4 Å². The normalized spacial score (nSPS) is 11.5. The summed E-state index contributed by atoms with van der Waals surface area (Å²) < 4.78 is 26.9. The predicted molar refractivity (Wildman–Crippen MR) is 52.4 cm³/mol. The lowest BCUT2D eigenvalue weighted by Crippen LogP contribution is -2.35. The van der Waals surface area contributed by atoms with Crippen molar-refractivity contribution in [1.29, 1.82) is 0 Å². The number of alkyl halides is 2. The monoisotopic (exact) mass is 235 g/mol. The van der Waals surface area contributed by atoms with E-state index in [9.17, 15) is 18.9 Å². The molecule has 16 heavy (non-hydrogen) atoms. The van der Waals surface area contributed by atoms with Gasteiger partial charge in [-0.2, -0.15) is 0 Å². The first-order valence-electron chi connectivity index (χ1n) is 4.35. The molecule has 0 unspecified atom stereocenters. The van der Waals surface area contributed by atoms with Crippen LogP contribution in [0.15, 0.2) is 6.33 Å². The number of imidazole rings is 1. The smallest absolute Gasteiger partial charge is 0.358 e. The molecule has 3 N–H and O–H groups in total. The Bertz CT molecular complexity index is 392. The number of aromatic nitrogens is 2. The first-order chi connectivity index (χ1) is 7.37. The Labute approximate surface area is 89.4 Å². The Balaban J connectivity index is 2.81. The van der Waals surface area contributed by atoms with Crippen molar-refractivity contribution in [2.45, 2.75) is 5.92 Å². The van der Waals surface area contributed by atoms with Crippen LogP contribution >= 0.6 is 0 Å². The summed E-state index contributed by atoms with van der Waals surface area (Å²) in [6.07, 6.45) is 1.17. The lowest BCUT2D eigenvalue weighted by atomic mass is 10.3. The zero-order chi connectivity index (χ0) is 12.3. The Morgan fingerprint density at radius 2 is 2.38 bits per heavy atom. The molecule has 0 aliphatic rings. The summed E-state index contributed by atoms with van der Waals surface area (Å²) in [5, 5.41) is 12.8. The van der Waals surface area contributed by atoms with Crippen molar-refractivity contribution in [2.24, 2.45) is 12.8 Å². The van der Waals surface area contributed by atoms with E-state index in [1.54, 1.807) is 0 Å². The Kier molecular flexibility index (Phi) is 3.38. The van der Waals surface area contributed by atoms with Crippen molar-refractivity contribution >= 4 is 11.6 Å². The maximum absolute atomic E-state index is 12.8. The van der Waals surface area contributed by atoms with Crippen LogP contribution < -0.4 is 11.1 Å². The van der Waals surface area contributed by atoms with Crippen LogP contribution in [0.3, 0.4) is 0 Å². The van der Waals surface area contributed by atoms with Crippen LogP contribution in [-0.2, 0) is 7.05 Å². The topological polar surface area (TPSA) is 99.0 Å². The molecule has 0 saturated carbocycles. The van der Waals surface area contributed by atoms with Crippen molar-refractivity contribution in [3.63, 3.8) is 0 Å². The zero-order valence-corrected chi connectivity index (χ0v) is 8.48. The summed E-state index contributed by atoms with van der Waals surface area (Å²) in [4.78, 5) is 13.2. The second-order valence-corrected chi connectivity index (χ2v) is 3.20. The number of nitrogens with one attached hydrogen (secondary N) is 1. The first kappa shape index (κ1) is 12.3. The Morgan fingerprint density at radius 3 is 2.88 bits per heavy atom. The van der Waals surface area contributed by atoms with Gasteiger partial charge >= 0.3 is 5.82 Å². The van der Waals surface area contributed by atoms with Crippen molar-refractivity contribution in [2.75, 3.05) is 18.4 Å². The second-order valence-electron chi connectivity index (χ2n) is 3.20. The van der Waals surface area contributed by atoms with Crippen LogP contribution in [0.1, 0.15) is 0 Å². The molecule has 7 nitrogen and oxygen atoms in total. The van der Waals surface area contributed by atoms with Gasteiger partial charge in [0.05, 0.1) is 13.1 Å². The molecule has 0 aliphatic heterocycles. The molecule has 0 radical (unpaired) electrons. The number of nitrogens with zero attached hydrogens (tertiary/aromatic N) is 3. The highest BCUT2D eigenvalue weighted by Gasteiger charge is 2.29. The SMILES string of the molecule is Cn1cnc([N+](=O)[O-])c1NCC(F)(F)CN. The van der Waals surface area contributed by atoms with Gasteiger partial charge in [0.15, 0.2) is 0 Å². The van der Waals surface area contributed by atoms with E-state index in [1.165, 1.54) is 17.9 Å². The van der Waals surface area contributed by atoms with Crippen LogP contribution in [0.25, 0.3) is 0 Å². The Hall–Kier alpha value is -1.77. The average molecular weight is 235 g/mol. The van der Waals surface area contributed by atoms with E-state index in [4.69, 9.17) is 5.73 Å². The van der Waals surface area contributed by atoms with Gasteiger partial charge in [0.1, 0.15) is 0 Å². The number of nitrogens with two attached hydrogens (primary N) is 1. The number of nitro groups is 1. The standard InChI is InChI=1S/C7H11F2N5O2/c1-13-4-12-6(14(15)16)5(13)11-3-7(8,9)2-10/h4,11H,2-3,10H2,1H3. The fraction of sp³-hybridized carbons (Fsp3) is 0.571. The van der Waals surface area contributed by atoms with E-state index in [1.807, 2.05) is 0 Å². The van der Waals surface area contributed by atoms with E-state index < -0.39 is 29.8 Å². The van der Waals surface area contributed by atoms with E-state index in [0.29, 0.717) is 0 Å². The lowest BCUT2D eigenvalue weighted by Gasteiger charge is -2.14. The van der Waals surface area contributed by atoms with Gasteiger partial charge in [-0.3, -0.25) is 4.57 Å². The predicted octanol–water partition coefficient (Wildman–Crippen LogP) is 0.334. The number of halogens is 2. The highest BCUT2D eigenvalue weighted by Crippen LogP contribution is 2.22. The van der Waals surface area contributed by atoms with Gasteiger partial charge in [-0.05, 0) is 9.91 Å². The highest BCUT2D eigenvalue weighted by atomic mass is 19.3. The van der Waals surface area contributed by atoms with Crippen LogP contribution in [0.2, 0.25) is 0 Å². The van der Waals surface area contributed by atoms with Crippen LogP contribution in [0, 0.1) is 10.1 Å². The molecule has 9 heteroatoms. The molecule has 0 aromatic carbocycles. The molecule has 0 fully saturated rings. The molecular weight excluding hydrogens is 224 g/mol. The maximum Gasteiger partial charge on any atom is 0.406 e. The third-order valence-corrected chi connectivity index (χ3v) is 1.90. The fourth-order valence-corrected chi connectivity index (χ4v) is 1.04. The molecule has 1 heterocycles. The van der Waals surface area contributed by atoms with Crippen molar-refractivity contribution < 1.29 is 13.7 Å². The quantitative estimate of drug-likeness (QED) is 0.566. The van der Waals surface area contributed by atoms with Crippen LogP contribution in [-0.4, -0.2) is 33.5 Å². The molecule has 0 aliphatic carbocycles. The molecule has 0 atom stereocenters. The van der Waals surface area contributed by atoms with E-state index in [2.05, 4.69) is 10.3 Å². The van der Waals surface area contributed by atoms with E-state index in [-0.39, 0.29) is 5.82 Å². The van der Waals surface area contributed by atoms with Gasteiger partial charge < -0.3 is 21.2 Å². The third-order valence-electron chi connectivity index (χ3n) is 1.90. The van der Waals surface area contributed by atoms with Gasteiger partial charge in [-0.1, -0.05) is 0 Å². The number of hydrogen-bond donors (Lipinski definition) is 2. The highest BCUT2D eigenvalue weighted by molar-refractivity contribution is 5.52. The van der Waals surface area contributed by atoms with Gasteiger partial charge in [-0.15, -0.1) is 0 Å². The van der Waals surface area contributed by atoms with Crippen molar-refractivity contribution in [1.82, 2.24) is 9.55 Å². The Morgan fingerprint density at radius 1 is 1.75 bits per heavy atom. The average Bonchev–Trinajstić information content (AvgIpc) is 2.57. The summed E-state index contributed by atoms with van der Waals surface area (Å²) in [5.74, 6) is -3.67. The number of rotatable bonds is 5. The van der Waals surface area contributed by atoms with Crippen LogP contribution in [0.4, 0.5) is 20.4 Å². The minimum Gasteiger partial charge on any atom is -0.358 e. The molecule has 1 aromatic rings. The van der Waals surface area contributed by atoms with Gasteiger partial charge in [0.25, 0.3) is 5.92 Å². The summed E-state index contributed by atoms with van der Waals surface area (Å²) in [5.41, 5.74) is 4.84. The molecular formula is C7H11F2N5O2. The summed E-state index contributed by atoms with van der Waals surface area (Å²) in [6, 6.07) is 0. The largest absolute Gasteiger partial charge is 0.406 e. The van der Waals surface area contributed by atoms with Gasteiger partial charge in [-0.25, -0.2) is 8.78 Å². The van der Waals surface area contributed by atoms with E-state index >= 15 is 0 Å². The molecule has 0 amide bonds. The number of aryl methyl sites for hydroxylation is 1. The number of anilines is 1. The summed E-state index contributed by atoms with van der Waals surface area (Å²) in [7, 11) is 1.46.